The van der Waals surface area contributed by atoms with Gasteiger partial charge in [0, 0.05) is 27.1 Å². The first-order valence-corrected chi connectivity index (χ1v) is 25.3. The average molecular weight is 911 g/mol. The molecule has 0 radical (unpaired) electrons. The Morgan fingerprint density at radius 1 is 0.278 bits per heavy atom. The van der Waals surface area contributed by atoms with E-state index in [0.29, 0.717) is 0 Å². The molecular weight excluding hydrogens is 869 g/mol. The van der Waals surface area contributed by atoms with Crippen LogP contribution in [0, 0.1) is 0 Å². The van der Waals surface area contributed by atoms with Crippen LogP contribution in [0.1, 0.15) is 44.5 Å². The quantitative estimate of drug-likeness (QED) is 0.171. The number of benzene rings is 12. The lowest BCUT2D eigenvalue weighted by molar-refractivity contribution is 0.748. The minimum absolute atomic E-state index is 0.527. The molecule has 2 heterocycles. The van der Waals surface area contributed by atoms with Gasteiger partial charge in [-0.2, -0.15) is 0 Å². The third kappa shape index (κ3) is 4.45. The highest BCUT2D eigenvalue weighted by atomic mass is 15.2. The van der Waals surface area contributed by atoms with E-state index in [1.165, 1.54) is 127 Å². The van der Waals surface area contributed by atoms with Crippen molar-refractivity contribution in [3.8, 4) is 39.1 Å². The van der Waals surface area contributed by atoms with Gasteiger partial charge in [0.2, 0.25) is 0 Å². The molecule has 12 aromatic carbocycles. The van der Waals surface area contributed by atoms with Crippen LogP contribution in [0.4, 0.5) is 17.1 Å². The molecule has 1 aromatic heterocycles. The monoisotopic (exact) mass is 910 g/mol. The topological polar surface area (TPSA) is 8.17 Å². The van der Waals surface area contributed by atoms with Crippen LogP contribution in [0.3, 0.4) is 0 Å². The summed E-state index contributed by atoms with van der Waals surface area (Å²) in [6.07, 6.45) is 0. The third-order valence-electron chi connectivity index (χ3n) is 17.2. The summed E-state index contributed by atoms with van der Waals surface area (Å²) < 4.78 is 2.54. The molecule has 0 N–H and O–H groups in total. The number of para-hydroxylation sites is 3. The Balaban J connectivity index is 1.03. The lowest BCUT2D eigenvalue weighted by Crippen LogP contribution is -2.33. The van der Waals surface area contributed by atoms with Crippen LogP contribution in [0.5, 0.6) is 0 Å². The molecule has 332 valence electrons. The number of rotatable bonds is 3. The van der Waals surface area contributed by atoms with Crippen molar-refractivity contribution < 1.29 is 0 Å². The van der Waals surface area contributed by atoms with E-state index in [-0.39, 0.29) is 0 Å². The number of nitrogens with zero attached hydrogens (tertiary/aromatic N) is 2. The van der Waals surface area contributed by atoms with Crippen LogP contribution in [-0.2, 0) is 10.8 Å². The van der Waals surface area contributed by atoms with Gasteiger partial charge in [-0.3, -0.25) is 0 Å². The van der Waals surface area contributed by atoms with E-state index in [1.807, 2.05) is 0 Å². The van der Waals surface area contributed by atoms with Crippen LogP contribution in [0.15, 0.2) is 255 Å². The SMILES string of the molecule is c1ccc2c(c1)-c1ccccc1C21c2ccccc2-c2c1cc(N(c1cccc3c1-c1ccccc1C31c3ccccc3-n3c4ccccc4c4cccc1c43)c1cccc3ccccc13)c1ccccc21. The molecule has 2 spiro atoms. The van der Waals surface area contributed by atoms with Gasteiger partial charge in [0.15, 0.2) is 0 Å². The van der Waals surface area contributed by atoms with E-state index in [1.54, 1.807) is 0 Å². The standard InChI is InChI=1S/C70H42N2/c1-2-22-44-43(20-1)21-17-40-61(44)71(65-42-60-66(49-27-4-3-25-47(49)65)51-28-7-12-33-55(51)69(60)53-31-10-5-23-45(53)46-24-6-11-32-54(46)69)64-41-19-36-58-67(64)52-29-8-13-34-56(52)70(58)57-35-14-16-39-63(57)72-62-38-15-9-26-48(62)50-30-18-37-59(70)68(50)72/h1-42H. The molecule has 0 bridgehead atoms. The highest BCUT2D eigenvalue weighted by molar-refractivity contribution is 6.16. The zero-order valence-electron chi connectivity index (χ0n) is 39.1. The van der Waals surface area contributed by atoms with Crippen molar-refractivity contribution in [2.24, 2.45) is 0 Å². The molecular formula is C70H42N2. The molecule has 4 aliphatic rings. The lowest BCUT2D eigenvalue weighted by atomic mass is 9.65. The molecule has 2 nitrogen and oxygen atoms in total. The summed E-state index contributed by atoms with van der Waals surface area (Å²) >= 11 is 0. The summed E-state index contributed by atoms with van der Waals surface area (Å²) in [5.74, 6) is 0. The summed E-state index contributed by atoms with van der Waals surface area (Å²) in [4.78, 5) is 2.65. The number of aromatic nitrogens is 1. The molecule has 13 aromatic rings. The Labute approximate surface area is 417 Å². The molecule has 17 rings (SSSR count). The molecule has 2 heteroatoms. The first-order valence-electron chi connectivity index (χ1n) is 25.3. The molecule has 1 unspecified atom stereocenters. The predicted molar refractivity (Wildman–Crippen MR) is 298 cm³/mol. The molecule has 1 atom stereocenters. The van der Waals surface area contributed by atoms with Gasteiger partial charge in [0.1, 0.15) is 0 Å². The van der Waals surface area contributed by atoms with Crippen LogP contribution >= 0.6 is 0 Å². The Morgan fingerprint density at radius 3 is 1.50 bits per heavy atom. The van der Waals surface area contributed by atoms with Crippen molar-refractivity contribution in [1.29, 1.82) is 0 Å². The van der Waals surface area contributed by atoms with Crippen LogP contribution in [0.2, 0.25) is 0 Å². The van der Waals surface area contributed by atoms with Gasteiger partial charge in [0.05, 0.1) is 44.6 Å². The van der Waals surface area contributed by atoms with Gasteiger partial charge < -0.3 is 9.47 Å². The van der Waals surface area contributed by atoms with Gasteiger partial charge in [-0.25, -0.2) is 0 Å². The van der Waals surface area contributed by atoms with Crippen molar-refractivity contribution in [2.45, 2.75) is 10.8 Å². The summed E-state index contributed by atoms with van der Waals surface area (Å²) in [6.45, 7) is 0. The largest absolute Gasteiger partial charge is 0.309 e. The first-order chi connectivity index (χ1) is 35.8. The normalized spacial score (nSPS) is 15.7. The maximum atomic E-state index is 2.65. The second-order valence-corrected chi connectivity index (χ2v) is 20.2. The van der Waals surface area contributed by atoms with Gasteiger partial charge >= 0.3 is 0 Å². The van der Waals surface area contributed by atoms with Crippen molar-refractivity contribution in [2.75, 3.05) is 4.90 Å². The summed E-state index contributed by atoms with van der Waals surface area (Å²) in [6, 6.07) is 96.8. The Morgan fingerprint density at radius 2 is 0.750 bits per heavy atom. The van der Waals surface area contributed by atoms with E-state index in [2.05, 4.69) is 264 Å². The highest BCUT2D eigenvalue weighted by Crippen LogP contribution is 2.67. The van der Waals surface area contributed by atoms with Crippen molar-refractivity contribution in [3.63, 3.8) is 0 Å². The van der Waals surface area contributed by atoms with Crippen LogP contribution in [0.25, 0.3) is 82.4 Å². The molecule has 0 saturated carbocycles. The summed E-state index contributed by atoms with van der Waals surface area (Å²) in [5.41, 5.74) is 24.4. The third-order valence-corrected chi connectivity index (χ3v) is 17.2. The van der Waals surface area contributed by atoms with E-state index >= 15 is 0 Å². The average Bonchev–Trinajstić information content (AvgIpc) is 4.15. The zero-order valence-corrected chi connectivity index (χ0v) is 39.1. The molecule has 0 amide bonds. The Hall–Kier alpha value is -9.24. The van der Waals surface area contributed by atoms with E-state index in [9.17, 15) is 0 Å². The number of hydrogen-bond acceptors (Lipinski definition) is 1. The van der Waals surface area contributed by atoms with E-state index in [4.69, 9.17) is 0 Å². The fourth-order valence-corrected chi connectivity index (χ4v) is 14.7. The molecule has 0 saturated heterocycles. The van der Waals surface area contributed by atoms with Gasteiger partial charge in [-0.1, -0.05) is 224 Å². The smallest absolute Gasteiger partial charge is 0.0755 e. The minimum Gasteiger partial charge on any atom is -0.309 e. The number of hydrogen-bond donors (Lipinski definition) is 0. The van der Waals surface area contributed by atoms with Gasteiger partial charge in [0.25, 0.3) is 0 Å². The van der Waals surface area contributed by atoms with E-state index in [0.717, 1.165) is 17.1 Å². The second kappa shape index (κ2) is 13.8. The molecule has 3 aliphatic carbocycles. The fraction of sp³-hybridized carbons (Fsp3) is 0.0286. The lowest BCUT2D eigenvalue weighted by Gasteiger charge is -2.40. The van der Waals surface area contributed by atoms with Crippen molar-refractivity contribution in [3.05, 3.63) is 299 Å². The maximum Gasteiger partial charge on any atom is 0.0755 e. The van der Waals surface area contributed by atoms with Gasteiger partial charge in [-0.05, 0) is 113 Å². The van der Waals surface area contributed by atoms with Crippen LogP contribution < -0.4 is 4.90 Å². The van der Waals surface area contributed by atoms with Crippen molar-refractivity contribution >= 4 is 60.4 Å². The van der Waals surface area contributed by atoms with Gasteiger partial charge in [-0.15, -0.1) is 0 Å². The summed E-state index contributed by atoms with van der Waals surface area (Å²) in [7, 11) is 0. The summed E-state index contributed by atoms with van der Waals surface area (Å²) in [5, 5.41) is 7.44. The van der Waals surface area contributed by atoms with Crippen molar-refractivity contribution in [1.82, 2.24) is 4.57 Å². The Bertz CT molecular complexity index is 4500. The van der Waals surface area contributed by atoms with E-state index < -0.39 is 10.8 Å². The molecule has 1 aliphatic heterocycles. The minimum atomic E-state index is -0.601. The first kappa shape index (κ1) is 38.6. The number of fused-ring (bicyclic) bond motifs is 25. The molecule has 0 fully saturated rings. The number of anilines is 3. The zero-order chi connectivity index (χ0) is 46.9. The highest BCUT2D eigenvalue weighted by Gasteiger charge is 2.54. The van der Waals surface area contributed by atoms with Crippen LogP contribution in [-0.4, -0.2) is 4.57 Å². The fourth-order valence-electron chi connectivity index (χ4n) is 14.7. The predicted octanol–water partition coefficient (Wildman–Crippen LogP) is 17.6. The maximum absolute atomic E-state index is 2.65. The molecule has 72 heavy (non-hydrogen) atoms. The Kier molecular flexibility index (Phi) is 7.37. The second-order valence-electron chi connectivity index (χ2n) is 20.2.